The second kappa shape index (κ2) is 9.11. The lowest BCUT2D eigenvalue weighted by Crippen LogP contribution is -2.36. The Kier molecular flexibility index (Phi) is 6.85. The van der Waals surface area contributed by atoms with Gasteiger partial charge >= 0.3 is 0 Å². The summed E-state index contributed by atoms with van der Waals surface area (Å²) in [4.78, 5) is 23.9. The van der Waals surface area contributed by atoms with Crippen molar-refractivity contribution in [3.63, 3.8) is 0 Å². The zero-order chi connectivity index (χ0) is 17.4. The molecule has 2 N–H and O–H groups in total. The number of carbonyl (C=O) groups excluding carboxylic acids is 2. The minimum absolute atomic E-state index is 0.113. The number of benzene rings is 1. The number of hydrogen-bond donors (Lipinski definition) is 2. The van der Waals surface area contributed by atoms with Crippen LogP contribution in [0.3, 0.4) is 0 Å². The summed E-state index contributed by atoms with van der Waals surface area (Å²) >= 11 is 0. The predicted molar refractivity (Wildman–Crippen MR) is 94.6 cm³/mol. The lowest BCUT2D eigenvalue weighted by molar-refractivity contribution is -0.125. The van der Waals surface area contributed by atoms with Crippen LogP contribution >= 0.6 is 0 Å². The van der Waals surface area contributed by atoms with Crippen LogP contribution in [-0.2, 0) is 9.59 Å². The molecule has 130 valence electrons. The van der Waals surface area contributed by atoms with Gasteiger partial charge < -0.3 is 15.4 Å². The van der Waals surface area contributed by atoms with Crippen LogP contribution in [0.4, 0.5) is 0 Å². The van der Waals surface area contributed by atoms with Crippen LogP contribution in [-0.4, -0.2) is 32.0 Å². The Balaban J connectivity index is 1.76. The van der Waals surface area contributed by atoms with Gasteiger partial charge in [0.2, 0.25) is 11.8 Å². The molecular formula is C19H26N2O3. The van der Waals surface area contributed by atoms with Gasteiger partial charge in [-0.3, -0.25) is 9.59 Å². The molecule has 0 spiro atoms. The maximum Gasteiger partial charge on any atom is 0.244 e. The van der Waals surface area contributed by atoms with Gasteiger partial charge in [0.15, 0.2) is 0 Å². The van der Waals surface area contributed by atoms with E-state index in [0.29, 0.717) is 13.1 Å². The first-order valence-corrected chi connectivity index (χ1v) is 8.49. The molecule has 0 aliphatic heterocycles. The van der Waals surface area contributed by atoms with Gasteiger partial charge in [-0.05, 0) is 31.4 Å². The first-order valence-electron chi connectivity index (χ1n) is 8.49. The maximum atomic E-state index is 12.0. The second-order valence-electron chi connectivity index (χ2n) is 6.09. The van der Waals surface area contributed by atoms with Crippen LogP contribution < -0.4 is 15.4 Å². The van der Waals surface area contributed by atoms with Gasteiger partial charge in [-0.25, -0.2) is 0 Å². The highest BCUT2D eigenvalue weighted by molar-refractivity contribution is 5.95. The van der Waals surface area contributed by atoms with E-state index in [1.54, 1.807) is 13.2 Å². The molecule has 1 aromatic rings. The summed E-state index contributed by atoms with van der Waals surface area (Å²) in [5.74, 6) is 0.840. The maximum absolute atomic E-state index is 12.0. The Morgan fingerprint density at radius 3 is 2.54 bits per heavy atom. The summed E-state index contributed by atoms with van der Waals surface area (Å²) in [6, 6.07) is 7.58. The molecule has 1 saturated carbocycles. The number of rotatable bonds is 7. The molecule has 1 aliphatic carbocycles. The minimum Gasteiger partial charge on any atom is -0.496 e. The average molecular weight is 330 g/mol. The average Bonchev–Trinajstić information content (AvgIpc) is 3.13. The molecule has 24 heavy (non-hydrogen) atoms. The van der Waals surface area contributed by atoms with Crippen molar-refractivity contribution in [3.05, 3.63) is 35.9 Å². The molecule has 1 fully saturated rings. The largest absolute Gasteiger partial charge is 0.496 e. The van der Waals surface area contributed by atoms with Gasteiger partial charge in [0.05, 0.1) is 7.11 Å². The van der Waals surface area contributed by atoms with E-state index in [1.165, 1.54) is 0 Å². The lowest BCUT2D eigenvalue weighted by Gasteiger charge is -2.11. The van der Waals surface area contributed by atoms with Crippen LogP contribution in [0.15, 0.2) is 30.3 Å². The number of para-hydroxylation sites is 1. The first kappa shape index (κ1) is 18.0. The van der Waals surface area contributed by atoms with E-state index >= 15 is 0 Å². The van der Waals surface area contributed by atoms with E-state index in [-0.39, 0.29) is 17.7 Å². The minimum atomic E-state index is -0.173. The van der Waals surface area contributed by atoms with Gasteiger partial charge in [0.25, 0.3) is 0 Å². The monoisotopic (exact) mass is 330 g/mol. The highest BCUT2D eigenvalue weighted by atomic mass is 16.5. The smallest absolute Gasteiger partial charge is 0.244 e. The highest BCUT2D eigenvalue weighted by Gasteiger charge is 2.21. The van der Waals surface area contributed by atoms with E-state index in [4.69, 9.17) is 4.74 Å². The van der Waals surface area contributed by atoms with Gasteiger partial charge in [-0.15, -0.1) is 0 Å². The molecule has 0 atom stereocenters. The molecule has 5 heteroatoms. The van der Waals surface area contributed by atoms with Crippen LogP contribution in [0.2, 0.25) is 0 Å². The number of nitrogens with one attached hydrogen (secondary N) is 2. The molecule has 0 saturated heterocycles. The summed E-state index contributed by atoms with van der Waals surface area (Å²) in [7, 11) is 1.61. The summed E-state index contributed by atoms with van der Waals surface area (Å²) < 4.78 is 5.30. The summed E-state index contributed by atoms with van der Waals surface area (Å²) in [6.07, 6.45) is 5.80. The van der Waals surface area contributed by atoms with Crippen LogP contribution in [0, 0.1) is 5.92 Å². The van der Waals surface area contributed by atoms with E-state index in [0.717, 1.165) is 42.6 Å². The quantitative estimate of drug-likeness (QED) is 0.596. The Hall–Kier alpha value is -2.30. The fourth-order valence-corrected chi connectivity index (χ4v) is 3.00. The topological polar surface area (TPSA) is 67.4 Å². The molecule has 2 rings (SSSR count). The van der Waals surface area contributed by atoms with E-state index in [9.17, 15) is 9.59 Å². The molecule has 0 unspecified atom stereocenters. The van der Waals surface area contributed by atoms with Crippen molar-refractivity contribution in [1.82, 2.24) is 10.6 Å². The van der Waals surface area contributed by atoms with Gasteiger partial charge in [-0.1, -0.05) is 31.0 Å². The number of hydrogen-bond acceptors (Lipinski definition) is 3. The zero-order valence-electron chi connectivity index (χ0n) is 14.4. The van der Waals surface area contributed by atoms with Crippen molar-refractivity contribution in [3.8, 4) is 5.75 Å². The number of ether oxygens (including phenoxy) is 1. The van der Waals surface area contributed by atoms with E-state index < -0.39 is 0 Å². The van der Waals surface area contributed by atoms with Crippen LogP contribution in [0.25, 0.3) is 5.57 Å². The van der Waals surface area contributed by atoms with Gasteiger partial charge in [0.1, 0.15) is 5.75 Å². The number of amides is 2. The SMILES string of the molecule is COc1ccccc1/C(C)=C/C(=O)NCCNC(=O)C1CCCC1. The molecule has 1 aliphatic rings. The normalized spacial score (nSPS) is 15.2. The summed E-state index contributed by atoms with van der Waals surface area (Å²) in [5, 5.41) is 5.68. The number of allylic oxidation sites excluding steroid dienone is 1. The molecule has 0 bridgehead atoms. The zero-order valence-corrected chi connectivity index (χ0v) is 14.4. The van der Waals surface area contributed by atoms with Gasteiger partial charge in [0, 0.05) is 30.6 Å². The standard InChI is InChI=1S/C19H26N2O3/c1-14(16-9-5-6-10-17(16)24-2)13-18(22)20-11-12-21-19(23)15-7-3-4-8-15/h5-6,9-10,13,15H,3-4,7-8,11-12H2,1-2H3,(H,20,22)(H,21,23)/b14-13+. The Labute approximate surface area is 143 Å². The molecule has 1 aromatic carbocycles. The fourth-order valence-electron chi connectivity index (χ4n) is 3.00. The third kappa shape index (κ3) is 5.11. The van der Waals surface area contributed by atoms with Crippen molar-refractivity contribution < 1.29 is 14.3 Å². The summed E-state index contributed by atoms with van der Waals surface area (Å²) in [6.45, 7) is 2.76. The molecule has 5 nitrogen and oxygen atoms in total. The van der Waals surface area contributed by atoms with Crippen LogP contribution in [0.5, 0.6) is 5.75 Å². The second-order valence-corrected chi connectivity index (χ2v) is 6.09. The van der Waals surface area contributed by atoms with Crippen LogP contribution in [0.1, 0.15) is 38.2 Å². The molecule has 2 amide bonds. The molecular weight excluding hydrogens is 304 g/mol. The van der Waals surface area contributed by atoms with Crippen molar-refractivity contribution >= 4 is 17.4 Å². The fraction of sp³-hybridized carbons (Fsp3) is 0.474. The van der Waals surface area contributed by atoms with E-state index in [2.05, 4.69) is 10.6 Å². The Bertz CT molecular complexity index is 604. The Morgan fingerprint density at radius 1 is 1.17 bits per heavy atom. The van der Waals surface area contributed by atoms with E-state index in [1.807, 2.05) is 31.2 Å². The summed E-state index contributed by atoms with van der Waals surface area (Å²) in [5.41, 5.74) is 1.73. The van der Waals surface area contributed by atoms with Gasteiger partial charge in [-0.2, -0.15) is 0 Å². The van der Waals surface area contributed by atoms with Crippen molar-refractivity contribution in [2.24, 2.45) is 5.92 Å². The Morgan fingerprint density at radius 2 is 1.83 bits per heavy atom. The molecule has 0 heterocycles. The van der Waals surface area contributed by atoms with Crippen molar-refractivity contribution in [2.45, 2.75) is 32.6 Å². The number of carbonyl (C=O) groups is 2. The molecule has 0 radical (unpaired) electrons. The predicted octanol–water partition coefficient (Wildman–Crippen LogP) is 2.52. The third-order valence-electron chi connectivity index (χ3n) is 4.33. The lowest BCUT2D eigenvalue weighted by atomic mass is 10.1. The number of methoxy groups -OCH3 is 1. The molecule has 0 aromatic heterocycles. The first-order chi connectivity index (χ1) is 11.6. The van der Waals surface area contributed by atoms with Crippen molar-refractivity contribution in [1.29, 1.82) is 0 Å². The third-order valence-corrected chi connectivity index (χ3v) is 4.33. The van der Waals surface area contributed by atoms with Crippen molar-refractivity contribution in [2.75, 3.05) is 20.2 Å². The highest BCUT2D eigenvalue weighted by Crippen LogP contribution is 2.25.